The lowest BCUT2D eigenvalue weighted by Crippen LogP contribution is -2.42. The van der Waals surface area contributed by atoms with Crippen LogP contribution in [0.25, 0.3) is 11.0 Å². The average molecular weight is 466 g/mol. The second-order valence-corrected chi connectivity index (χ2v) is 9.44. The van der Waals surface area contributed by atoms with Gasteiger partial charge in [0.25, 0.3) is 0 Å². The number of carbonyl (C=O) groups excluding carboxylic acids is 2. The van der Waals surface area contributed by atoms with Gasteiger partial charge in [0.1, 0.15) is 22.0 Å². The van der Waals surface area contributed by atoms with Gasteiger partial charge in [-0.1, -0.05) is 36.4 Å². The van der Waals surface area contributed by atoms with E-state index in [0.29, 0.717) is 16.8 Å². The Morgan fingerprint density at radius 2 is 1.90 bits per heavy atom. The Morgan fingerprint density at radius 3 is 2.63 bits per heavy atom. The maximum absolute atomic E-state index is 12.9. The number of hydrogen-bond acceptors (Lipinski definition) is 9. The highest BCUT2D eigenvalue weighted by Gasteiger charge is 2.29. The molecule has 30 heavy (non-hydrogen) atoms. The summed E-state index contributed by atoms with van der Waals surface area (Å²) in [5, 5.41) is 0. The van der Waals surface area contributed by atoms with Gasteiger partial charge in [-0.2, -0.15) is 25.2 Å². The van der Waals surface area contributed by atoms with Crippen LogP contribution in [0.5, 0.6) is 0 Å². The van der Waals surface area contributed by atoms with E-state index in [1.54, 1.807) is 42.5 Å². The molecule has 0 fully saturated rings. The number of nitrogens with one attached hydrogen (secondary N) is 1. The van der Waals surface area contributed by atoms with E-state index in [9.17, 15) is 18.0 Å². The smallest absolute Gasteiger partial charge is 0.324 e. The molecule has 1 atom stereocenters. The zero-order chi connectivity index (χ0) is 21.6. The normalized spacial score (nSPS) is 12.6. The van der Waals surface area contributed by atoms with E-state index in [4.69, 9.17) is 4.74 Å². The molecule has 1 aromatic heterocycles. The molecule has 0 radical (unpaired) electrons. The second-order valence-electron chi connectivity index (χ2n) is 6.24. The summed E-state index contributed by atoms with van der Waals surface area (Å²) in [6, 6.07) is 11.9. The molecule has 0 saturated carbocycles. The van der Waals surface area contributed by atoms with Gasteiger partial charge in [0.2, 0.25) is 10.0 Å². The van der Waals surface area contributed by atoms with Gasteiger partial charge in [-0.25, -0.2) is 8.42 Å². The van der Waals surface area contributed by atoms with Crippen LogP contribution in [0.2, 0.25) is 0 Å². The Bertz CT molecular complexity index is 1130. The number of ether oxygens (including phenoxy) is 1. The number of esters is 1. The van der Waals surface area contributed by atoms with Crippen LogP contribution >= 0.6 is 23.5 Å². The third-order valence-corrected chi connectivity index (χ3v) is 6.86. The van der Waals surface area contributed by atoms with Crippen molar-refractivity contribution in [2.24, 2.45) is 0 Å². The van der Waals surface area contributed by atoms with Crippen LogP contribution in [0.1, 0.15) is 16.8 Å². The van der Waals surface area contributed by atoms with Gasteiger partial charge < -0.3 is 4.74 Å². The van der Waals surface area contributed by atoms with Gasteiger partial charge in [0.15, 0.2) is 12.4 Å². The van der Waals surface area contributed by atoms with Crippen LogP contribution in [0.3, 0.4) is 0 Å². The number of thioether (sulfide) groups is 1. The number of sulfonamides is 1. The van der Waals surface area contributed by atoms with E-state index in [1.165, 1.54) is 17.8 Å². The lowest BCUT2D eigenvalue weighted by molar-refractivity contribution is -0.144. The van der Waals surface area contributed by atoms with Crippen molar-refractivity contribution >= 4 is 56.3 Å². The molecule has 3 rings (SSSR count). The molecule has 1 heterocycles. The molecule has 0 aliphatic rings. The Labute approximate surface area is 182 Å². The topological polar surface area (TPSA) is 115 Å². The summed E-state index contributed by atoms with van der Waals surface area (Å²) in [6.45, 7) is -0.466. The Balaban J connectivity index is 1.74. The number of hydrogen-bond donors (Lipinski definition) is 1. The highest BCUT2D eigenvalue weighted by molar-refractivity contribution is 7.98. The molecular weight excluding hydrogens is 446 g/mol. The van der Waals surface area contributed by atoms with Crippen LogP contribution in [0.4, 0.5) is 0 Å². The standard InChI is InChI=1S/C19H19N3O5S3/c1-28-11-10-15(19(24)27-12-16(23)13-6-3-2-4-7-13)22-30(25,26)17-9-5-8-14-18(17)21-29-20-14/h2-9,15,22H,10-12H2,1H3. The van der Waals surface area contributed by atoms with Crippen molar-refractivity contribution in [3.8, 4) is 0 Å². The van der Waals surface area contributed by atoms with Gasteiger partial charge in [0, 0.05) is 5.56 Å². The average Bonchev–Trinajstić information content (AvgIpc) is 3.24. The number of rotatable bonds is 10. The van der Waals surface area contributed by atoms with Crippen LogP contribution in [-0.2, 0) is 19.6 Å². The molecule has 1 N–H and O–H groups in total. The van der Waals surface area contributed by atoms with Crippen LogP contribution in [0, 0.1) is 0 Å². The minimum absolute atomic E-state index is 0.0592. The molecule has 11 heteroatoms. The molecule has 0 amide bonds. The highest BCUT2D eigenvalue weighted by atomic mass is 32.2. The number of carbonyl (C=O) groups is 2. The van der Waals surface area contributed by atoms with Crippen molar-refractivity contribution in [1.29, 1.82) is 0 Å². The second kappa shape index (κ2) is 10.1. The molecule has 0 spiro atoms. The number of aromatic nitrogens is 2. The monoisotopic (exact) mass is 465 g/mol. The number of ketones is 1. The first-order chi connectivity index (χ1) is 14.4. The Kier molecular flexibility index (Phi) is 7.53. The van der Waals surface area contributed by atoms with Crippen LogP contribution in [-0.4, -0.2) is 53.6 Å². The largest absolute Gasteiger partial charge is 0.456 e. The predicted molar refractivity (Wildman–Crippen MR) is 116 cm³/mol. The van der Waals surface area contributed by atoms with Crippen molar-refractivity contribution in [3.63, 3.8) is 0 Å². The molecule has 0 saturated heterocycles. The molecule has 2 aromatic carbocycles. The minimum Gasteiger partial charge on any atom is -0.456 e. The third-order valence-electron chi connectivity index (χ3n) is 4.17. The first-order valence-corrected chi connectivity index (χ1v) is 12.5. The quantitative estimate of drug-likeness (QED) is 0.359. The first-order valence-electron chi connectivity index (χ1n) is 8.90. The number of Topliss-reactive ketones (excluding diaryl/α,β-unsaturated/α-hetero) is 1. The first kappa shape index (κ1) is 22.3. The number of fused-ring (bicyclic) bond motifs is 1. The lowest BCUT2D eigenvalue weighted by atomic mass is 10.1. The summed E-state index contributed by atoms with van der Waals surface area (Å²) in [5.74, 6) is -0.647. The fraction of sp³-hybridized carbons (Fsp3) is 0.263. The zero-order valence-electron chi connectivity index (χ0n) is 16.0. The van der Waals surface area contributed by atoms with E-state index in [-0.39, 0.29) is 22.6 Å². The summed E-state index contributed by atoms with van der Waals surface area (Å²) < 4.78 is 41.5. The summed E-state index contributed by atoms with van der Waals surface area (Å²) in [7, 11) is -4.06. The van der Waals surface area contributed by atoms with Crippen LogP contribution < -0.4 is 4.72 Å². The summed E-state index contributed by atoms with van der Waals surface area (Å²) in [4.78, 5) is 24.7. The fourth-order valence-electron chi connectivity index (χ4n) is 2.65. The van der Waals surface area contributed by atoms with E-state index < -0.39 is 28.6 Å². The molecule has 0 aliphatic heterocycles. The predicted octanol–water partition coefficient (Wildman–Crippen LogP) is 2.52. The van der Waals surface area contributed by atoms with E-state index in [2.05, 4.69) is 13.5 Å². The molecule has 3 aromatic rings. The van der Waals surface area contributed by atoms with Crippen molar-refractivity contribution in [2.45, 2.75) is 17.4 Å². The fourth-order valence-corrected chi connectivity index (χ4v) is 5.11. The Hall–Kier alpha value is -2.34. The maximum Gasteiger partial charge on any atom is 0.324 e. The van der Waals surface area contributed by atoms with Crippen molar-refractivity contribution in [2.75, 3.05) is 18.6 Å². The molecule has 0 aliphatic carbocycles. The lowest BCUT2D eigenvalue weighted by Gasteiger charge is -2.17. The maximum atomic E-state index is 12.9. The van der Waals surface area contributed by atoms with E-state index in [0.717, 1.165) is 11.7 Å². The molecular formula is C19H19N3O5S3. The third kappa shape index (κ3) is 5.42. The Morgan fingerprint density at radius 1 is 1.13 bits per heavy atom. The van der Waals surface area contributed by atoms with E-state index >= 15 is 0 Å². The SMILES string of the molecule is CSCCC(NS(=O)(=O)c1cccc2nsnc12)C(=O)OCC(=O)c1ccccc1. The van der Waals surface area contributed by atoms with Gasteiger partial charge in [0.05, 0.1) is 11.7 Å². The van der Waals surface area contributed by atoms with Crippen molar-refractivity contribution < 1.29 is 22.7 Å². The summed E-state index contributed by atoms with van der Waals surface area (Å²) in [6.07, 6.45) is 2.06. The van der Waals surface area contributed by atoms with Gasteiger partial charge in [-0.15, -0.1) is 0 Å². The summed E-state index contributed by atoms with van der Waals surface area (Å²) >= 11 is 2.37. The van der Waals surface area contributed by atoms with Crippen LogP contribution in [0.15, 0.2) is 53.4 Å². The zero-order valence-corrected chi connectivity index (χ0v) is 18.4. The molecule has 8 nitrogen and oxygen atoms in total. The number of benzene rings is 2. The molecule has 1 unspecified atom stereocenters. The number of nitrogens with zero attached hydrogens (tertiary/aromatic N) is 2. The van der Waals surface area contributed by atoms with Crippen molar-refractivity contribution in [1.82, 2.24) is 13.5 Å². The van der Waals surface area contributed by atoms with Gasteiger partial charge >= 0.3 is 5.97 Å². The molecule has 0 bridgehead atoms. The van der Waals surface area contributed by atoms with Crippen molar-refractivity contribution in [3.05, 3.63) is 54.1 Å². The van der Waals surface area contributed by atoms with Gasteiger partial charge in [-0.05, 0) is 30.6 Å². The minimum atomic E-state index is -4.06. The van der Waals surface area contributed by atoms with Gasteiger partial charge in [-0.3, -0.25) is 9.59 Å². The van der Waals surface area contributed by atoms with E-state index in [1.807, 2.05) is 6.26 Å². The highest BCUT2D eigenvalue weighted by Crippen LogP contribution is 2.21. The summed E-state index contributed by atoms with van der Waals surface area (Å²) in [5.41, 5.74) is 1.11. The molecule has 158 valence electrons.